The molecule has 1 radical (unpaired) electrons. The third kappa shape index (κ3) is 2.05. The maximum absolute atomic E-state index is 4.96. The molecule has 0 saturated carbocycles. The third-order valence-electron chi connectivity index (χ3n) is 1.08. The van der Waals surface area contributed by atoms with Gasteiger partial charge in [-0.2, -0.15) is 0 Å². The predicted molar refractivity (Wildman–Crippen MR) is 40.1 cm³/mol. The Kier molecular flexibility index (Phi) is 2.74. The van der Waals surface area contributed by atoms with E-state index in [1.54, 1.807) is 12.5 Å². The van der Waals surface area contributed by atoms with Crippen LogP contribution in [0.4, 0.5) is 0 Å². The highest BCUT2D eigenvalue weighted by molar-refractivity contribution is 5.36. The zero-order chi connectivity index (χ0) is 7.23. The van der Waals surface area contributed by atoms with Gasteiger partial charge in [-0.05, 0) is 18.9 Å². The van der Waals surface area contributed by atoms with E-state index in [1.165, 1.54) is 0 Å². The van der Waals surface area contributed by atoms with Crippen LogP contribution in [-0.2, 0) is 0 Å². The van der Waals surface area contributed by atoms with Gasteiger partial charge in [-0.1, -0.05) is 13.0 Å². The Bertz CT molecular complexity index is 189. The first kappa shape index (κ1) is 7.06. The Labute approximate surface area is 60.6 Å². The van der Waals surface area contributed by atoms with Gasteiger partial charge in [0.15, 0.2) is 0 Å². The van der Waals surface area contributed by atoms with Crippen LogP contribution in [-0.4, -0.2) is 4.98 Å². The Hall–Kier alpha value is -1.05. The van der Waals surface area contributed by atoms with E-state index in [0.717, 1.165) is 12.8 Å². The fourth-order valence-electron chi connectivity index (χ4n) is 0.619. The molecule has 0 aliphatic heterocycles. The lowest BCUT2D eigenvalue weighted by atomic mass is 10.3. The number of nitrogens with zero attached hydrogens (tertiary/aromatic N) is 1. The van der Waals surface area contributed by atoms with Gasteiger partial charge in [0.05, 0.1) is 6.20 Å². The van der Waals surface area contributed by atoms with Gasteiger partial charge >= 0.3 is 0 Å². The van der Waals surface area contributed by atoms with Crippen molar-refractivity contribution < 1.29 is 4.42 Å². The van der Waals surface area contributed by atoms with Gasteiger partial charge in [-0.15, -0.1) is 0 Å². The highest BCUT2D eigenvalue weighted by Gasteiger charge is 1.85. The summed E-state index contributed by atoms with van der Waals surface area (Å²) in [5.41, 5.74) is 0. The first-order valence-corrected chi connectivity index (χ1v) is 3.29. The molecule has 0 atom stereocenters. The number of aromatic nitrogens is 1. The van der Waals surface area contributed by atoms with Gasteiger partial charge in [0, 0.05) is 0 Å². The minimum atomic E-state index is 0.661. The van der Waals surface area contributed by atoms with E-state index in [1.807, 2.05) is 12.2 Å². The maximum Gasteiger partial charge on any atom is 0.218 e. The molecule has 2 heteroatoms. The lowest BCUT2D eigenvalue weighted by Crippen LogP contribution is -1.67. The van der Waals surface area contributed by atoms with Crippen LogP contribution < -0.4 is 0 Å². The molecule has 1 aromatic heterocycles. The molecule has 53 valence electrons. The van der Waals surface area contributed by atoms with Crippen molar-refractivity contribution in [2.45, 2.75) is 12.8 Å². The van der Waals surface area contributed by atoms with Crippen molar-refractivity contribution in [1.29, 1.82) is 0 Å². The van der Waals surface area contributed by atoms with Crippen LogP contribution in [0.25, 0.3) is 6.08 Å². The van der Waals surface area contributed by atoms with Gasteiger partial charge < -0.3 is 4.42 Å². The molecule has 1 rings (SSSR count). The molecule has 0 amide bonds. The van der Waals surface area contributed by atoms with Crippen molar-refractivity contribution in [3.63, 3.8) is 0 Å². The van der Waals surface area contributed by atoms with E-state index in [4.69, 9.17) is 4.42 Å². The molecule has 0 aliphatic carbocycles. The van der Waals surface area contributed by atoms with E-state index in [9.17, 15) is 0 Å². The molecule has 10 heavy (non-hydrogen) atoms. The molecule has 1 aromatic rings. The van der Waals surface area contributed by atoms with Crippen molar-refractivity contribution >= 4 is 6.08 Å². The molecule has 0 bridgehead atoms. The molecule has 0 aromatic carbocycles. The summed E-state index contributed by atoms with van der Waals surface area (Å²) in [6.45, 7) is 3.70. The van der Waals surface area contributed by atoms with Gasteiger partial charge in [0.2, 0.25) is 5.89 Å². The summed E-state index contributed by atoms with van der Waals surface area (Å²) in [7, 11) is 0. The second kappa shape index (κ2) is 3.88. The Morgan fingerprint density at radius 1 is 1.70 bits per heavy atom. The number of allylic oxidation sites excluding steroid dienone is 1. The number of oxazole rings is 1. The van der Waals surface area contributed by atoms with Gasteiger partial charge in [0.25, 0.3) is 0 Å². The van der Waals surface area contributed by atoms with Crippen LogP contribution >= 0.6 is 0 Å². The Morgan fingerprint density at radius 3 is 3.20 bits per heavy atom. The topological polar surface area (TPSA) is 26.0 Å². The van der Waals surface area contributed by atoms with Gasteiger partial charge in [0.1, 0.15) is 6.26 Å². The minimum Gasteiger partial charge on any atom is -0.445 e. The van der Waals surface area contributed by atoms with E-state index < -0.39 is 0 Å². The van der Waals surface area contributed by atoms with E-state index >= 15 is 0 Å². The van der Waals surface area contributed by atoms with Crippen molar-refractivity contribution in [3.05, 3.63) is 31.4 Å². The van der Waals surface area contributed by atoms with Crippen LogP contribution in [0.2, 0.25) is 0 Å². The second-order valence-electron chi connectivity index (χ2n) is 1.91. The number of rotatable bonds is 3. The summed E-state index contributed by atoms with van der Waals surface area (Å²) in [4.78, 5) is 3.91. The molecule has 0 aliphatic rings. The van der Waals surface area contributed by atoms with Crippen LogP contribution in [0.15, 0.2) is 23.0 Å². The summed E-state index contributed by atoms with van der Waals surface area (Å²) in [6, 6.07) is 0. The first-order valence-electron chi connectivity index (χ1n) is 3.29. The van der Waals surface area contributed by atoms with Crippen molar-refractivity contribution in [3.8, 4) is 0 Å². The monoisotopic (exact) mass is 136 g/mol. The molecule has 0 saturated heterocycles. The summed E-state index contributed by atoms with van der Waals surface area (Å²) < 4.78 is 4.96. The summed E-state index contributed by atoms with van der Waals surface area (Å²) in [6.07, 6.45) is 8.93. The van der Waals surface area contributed by atoms with Gasteiger partial charge in [-0.3, -0.25) is 0 Å². The zero-order valence-electron chi connectivity index (χ0n) is 5.79. The molecule has 0 unspecified atom stereocenters. The number of hydrogen-bond donors (Lipinski definition) is 0. The maximum atomic E-state index is 4.96. The molecular weight excluding hydrogens is 126 g/mol. The van der Waals surface area contributed by atoms with Crippen LogP contribution in [0.1, 0.15) is 18.7 Å². The third-order valence-corrected chi connectivity index (χ3v) is 1.08. The SMILES string of the molecule is [CH2]CCC=Cc1ncco1. The largest absolute Gasteiger partial charge is 0.445 e. The van der Waals surface area contributed by atoms with E-state index in [0.29, 0.717) is 5.89 Å². The molecular formula is C8H10NO. The average molecular weight is 136 g/mol. The number of unbranched alkanes of at least 4 members (excludes halogenated alkanes) is 1. The van der Waals surface area contributed by atoms with Crippen LogP contribution in [0.3, 0.4) is 0 Å². The zero-order valence-corrected chi connectivity index (χ0v) is 5.79. The standard InChI is InChI=1S/C8H10NO/c1-2-3-4-5-8-9-6-7-10-8/h4-7H,1-3H2. The quantitative estimate of drug-likeness (QED) is 0.637. The summed E-state index contributed by atoms with van der Waals surface area (Å²) in [5, 5.41) is 0. The normalized spacial score (nSPS) is 10.9. The fourth-order valence-corrected chi connectivity index (χ4v) is 0.619. The second-order valence-corrected chi connectivity index (χ2v) is 1.91. The fraction of sp³-hybridized carbons (Fsp3) is 0.250. The number of hydrogen-bond acceptors (Lipinski definition) is 2. The van der Waals surface area contributed by atoms with Crippen molar-refractivity contribution in [2.24, 2.45) is 0 Å². The van der Waals surface area contributed by atoms with E-state index in [2.05, 4.69) is 11.9 Å². The summed E-state index contributed by atoms with van der Waals surface area (Å²) in [5.74, 6) is 0.661. The highest BCUT2D eigenvalue weighted by atomic mass is 16.3. The molecule has 0 fully saturated rings. The molecule has 0 spiro atoms. The smallest absolute Gasteiger partial charge is 0.218 e. The highest BCUT2D eigenvalue weighted by Crippen LogP contribution is 1.98. The molecule has 1 heterocycles. The Morgan fingerprint density at radius 2 is 2.60 bits per heavy atom. The van der Waals surface area contributed by atoms with Crippen LogP contribution in [0, 0.1) is 6.92 Å². The van der Waals surface area contributed by atoms with Gasteiger partial charge in [-0.25, -0.2) is 4.98 Å². The van der Waals surface area contributed by atoms with Crippen molar-refractivity contribution in [1.82, 2.24) is 4.98 Å². The average Bonchev–Trinajstić information content (AvgIpc) is 2.41. The Balaban J connectivity index is 2.40. The predicted octanol–water partition coefficient (Wildman–Crippen LogP) is 2.30. The van der Waals surface area contributed by atoms with Crippen LogP contribution in [0.5, 0.6) is 0 Å². The molecule has 0 N–H and O–H groups in total. The summed E-state index contributed by atoms with van der Waals surface area (Å²) >= 11 is 0. The lowest BCUT2D eigenvalue weighted by Gasteiger charge is -1.81. The van der Waals surface area contributed by atoms with Crippen molar-refractivity contribution in [2.75, 3.05) is 0 Å². The minimum absolute atomic E-state index is 0.661. The first-order chi connectivity index (χ1) is 4.93. The van der Waals surface area contributed by atoms with E-state index in [-0.39, 0.29) is 0 Å². The molecule has 2 nitrogen and oxygen atoms in total. The lowest BCUT2D eigenvalue weighted by molar-refractivity contribution is 0.546.